The number of hydrogen-bond donors (Lipinski definition) is 1. The molecule has 1 N–H and O–H groups in total. The number of benzene rings is 1. The average molecular weight is 275 g/mol. The molecule has 1 aromatic carbocycles. The van der Waals surface area contributed by atoms with E-state index in [9.17, 15) is 9.90 Å². The van der Waals surface area contributed by atoms with E-state index in [1.165, 1.54) is 5.56 Å². The molecule has 1 aromatic rings. The summed E-state index contributed by atoms with van der Waals surface area (Å²) in [4.78, 5) is 14.8. The highest BCUT2D eigenvalue weighted by atomic mass is 16.5. The summed E-state index contributed by atoms with van der Waals surface area (Å²) in [5, 5.41) is 9.89. The highest BCUT2D eigenvalue weighted by molar-refractivity contribution is 5.92. The lowest BCUT2D eigenvalue weighted by Gasteiger charge is -2.55. The van der Waals surface area contributed by atoms with Crippen LogP contribution >= 0.6 is 0 Å². The molecule has 0 saturated carbocycles. The Morgan fingerprint density at radius 2 is 2.15 bits per heavy atom. The van der Waals surface area contributed by atoms with Crippen molar-refractivity contribution in [2.24, 2.45) is 5.92 Å². The molecule has 3 aliphatic heterocycles. The van der Waals surface area contributed by atoms with Crippen molar-refractivity contribution in [3.63, 3.8) is 0 Å². The van der Waals surface area contributed by atoms with E-state index in [1.54, 1.807) is 7.11 Å². The molecule has 108 valence electrons. The molecule has 0 amide bonds. The van der Waals surface area contributed by atoms with Crippen LogP contribution in [0.1, 0.15) is 24.4 Å². The molecule has 4 rings (SSSR count). The number of fused-ring (bicyclic) bond motifs is 3. The van der Waals surface area contributed by atoms with E-state index in [2.05, 4.69) is 17.0 Å². The Kier molecular flexibility index (Phi) is 3.63. The summed E-state index contributed by atoms with van der Waals surface area (Å²) >= 11 is 0. The summed E-state index contributed by atoms with van der Waals surface area (Å²) < 4.78 is 5.26. The fraction of sp³-hybridized carbons (Fsp3) is 0.562. The summed E-state index contributed by atoms with van der Waals surface area (Å²) in [6.45, 7) is 0.946. The lowest BCUT2D eigenvalue weighted by molar-refractivity contribution is -0.166. The zero-order chi connectivity index (χ0) is 14.2. The van der Waals surface area contributed by atoms with E-state index >= 15 is 0 Å². The van der Waals surface area contributed by atoms with Crippen molar-refractivity contribution in [2.75, 3.05) is 26.9 Å². The maximum absolute atomic E-state index is 12.6. The molecule has 4 heteroatoms. The predicted molar refractivity (Wildman–Crippen MR) is 75.3 cm³/mol. The average Bonchev–Trinajstić information content (AvgIpc) is 2.52. The van der Waals surface area contributed by atoms with E-state index < -0.39 is 5.54 Å². The van der Waals surface area contributed by atoms with E-state index in [1.807, 2.05) is 18.2 Å². The van der Waals surface area contributed by atoms with Gasteiger partial charge in [0.2, 0.25) is 0 Å². The van der Waals surface area contributed by atoms with Crippen LogP contribution in [0.25, 0.3) is 0 Å². The molecule has 2 bridgehead atoms. The molecule has 3 fully saturated rings. The van der Waals surface area contributed by atoms with Gasteiger partial charge in [-0.05, 0) is 18.4 Å². The van der Waals surface area contributed by atoms with E-state index in [0.29, 0.717) is 0 Å². The van der Waals surface area contributed by atoms with Gasteiger partial charge in [-0.1, -0.05) is 30.3 Å². The van der Waals surface area contributed by atoms with Crippen molar-refractivity contribution >= 4 is 5.78 Å². The number of ether oxygens (including phenoxy) is 1. The minimum atomic E-state index is -0.851. The second-order valence-electron chi connectivity index (χ2n) is 5.83. The summed E-state index contributed by atoms with van der Waals surface area (Å²) in [6.07, 6.45) is 1.75. The van der Waals surface area contributed by atoms with Crippen molar-refractivity contribution in [3.8, 4) is 0 Å². The Balaban J connectivity index is 1.99. The number of Topliss-reactive ketones (excluding diaryl/α,β-unsaturated/α-hetero) is 1. The standard InChI is InChI=1S/C16H21NO3/c1-20-11-16(10-18)15(19)13-7-8-17(16)14(9-13)12-5-3-2-4-6-12/h2-6,13-14,18H,7-11H2,1H3/t13?,14-,16?/m0/s1. The largest absolute Gasteiger partial charge is 0.394 e. The van der Waals surface area contributed by atoms with Crippen molar-refractivity contribution in [1.82, 2.24) is 4.90 Å². The molecular weight excluding hydrogens is 254 g/mol. The van der Waals surface area contributed by atoms with Gasteiger partial charge in [0.25, 0.3) is 0 Å². The molecule has 3 unspecified atom stereocenters. The van der Waals surface area contributed by atoms with Gasteiger partial charge in [-0.25, -0.2) is 0 Å². The van der Waals surface area contributed by atoms with Gasteiger partial charge in [0.1, 0.15) is 5.54 Å². The number of nitrogens with zero attached hydrogens (tertiary/aromatic N) is 1. The molecule has 20 heavy (non-hydrogen) atoms. The lowest BCUT2D eigenvalue weighted by Crippen LogP contribution is -2.69. The number of carbonyl (C=O) groups excluding carboxylic acids is 1. The monoisotopic (exact) mass is 275 g/mol. The van der Waals surface area contributed by atoms with Crippen molar-refractivity contribution in [2.45, 2.75) is 24.4 Å². The molecule has 3 aliphatic rings. The van der Waals surface area contributed by atoms with Crippen LogP contribution in [0.3, 0.4) is 0 Å². The Bertz CT molecular complexity index is 490. The molecule has 0 radical (unpaired) electrons. The van der Waals surface area contributed by atoms with E-state index in [4.69, 9.17) is 4.74 Å². The third-order valence-electron chi connectivity index (χ3n) is 4.81. The van der Waals surface area contributed by atoms with Crippen LogP contribution in [-0.4, -0.2) is 48.2 Å². The van der Waals surface area contributed by atoms with Gasteiger partial charge >= 0.3 is 0 Å². The van der Waals surface area contributed by atoms with E-state index in [-0.39, 0.29) is 31.0 Å². The fourth-order valence-electron chi connectivity index (χ4n) is 3.84. The maximum Gasteiger partial charge on any atom is 0.161 e. The summed E-state index contributed by atoms with van der Waals surface area (Å²) in [5.41, 5.74) is 0.370. The van der Waals surface area contributed by atoms with Crippen LogP contribution in [0.4, 0.5) is 0 Å². The number of rotatable bonds is 4. The molecule has 0 aliphatic carbocycles. The first-order valence-corrected chi connectivity index (χ1v) is 7.19. The van der Waals surface area contributed by atoms with Gasteiger partial charge in [-0.3, -0.25) is 9.69 Å². The smallest absolute Gasteiger partial charge is 0.161 e. The van der Waals surface area contributed by atoms with Crippen LogP contribution in [0.15, 0.2) is 30.3 Å². The molecule has 3 saturated heterocycles. The first kappa shape index (κ1) is 13.7. The minimum absolute atomic E-state index is 0.0486. The van der Waals surface area contributed by atoms with Crippen molar-refractivity contribution < 1.29 is 14.6 Å². The number of aliphatic hydroxyl groups is 1. The van der Waals surface area contributed by atoms with E-state index in [0.717, 1.165) is 19.4 Å². The van der Waals surface area contributed by atoms with Gasteiger partial charge in [0, 0.05) is 25.6 Å². The second kappa shape index (κ2) is 5.28. The molecule has 0 spiro atoms. The Labute approximate surface area is 119 Å². The Hall–Kier alpha value is -1.23. The zero-order valence-corrected chi connectivity index (χ0v) is 11.8. The number of piperidine rings is 3. The molecule has 3 heterocycles. The van der Waals surface area contributed by atoms with Crippen LogP contribution in [0.5, 0.6) is 0 Å². The SMILES string of the molecule is COCC1(CO)C(=O)C2CCN1[C@H](c1ccccc1)C2. The molecule has 4 nitrogen and oxygen atoms in total. The zero-order valence-electron chi connectivity index (χ0n) is 11.8. The molecular formula is C16H21NO3. The van der Waals surface area contributed by atoms with Crippen molar-refractivity contribution in [1.29, 1.82) is 0 Å². The first-order chi connectivity index (χ1) is 9.73. The Morgan fingerprint density at radius 1 is 1.40 bits per heavy atom. The lowest BCUT2D eigenvalue weighted by atomic mass is 9.69. The number of ketones is 1. The van der Waals surface area contributed by atoms with Crippen LogP contribution < -0.4 is 0 Å². The number of carbonyl (C=O) groups is 1. The normalized spacial score (nSPS) is 36.3. The summed E-state index contributed by atoms with van der Waals surface area (Å²) in [5.74, 6) is 0.202. The predicted octanol–water partition coefficient (Wildman–Crippen LogP) is 1.40. The third-order valence-corrected chi connectivity index (χ3v) is 4.81. The van der Waals surface area contributed by atoms with Gasteiger partial charge in [0.05, 0.1) is 13.2 Å². The van der Waals surface area contributed by atoms with Crippen LogP contribution in [0.2, 0.25) is 0 Å². The highest BCUT2D eigenvalue weighted by Crippen LogP contribution is 2.46. The second-order valence-corrected chi connectivity index (χ2v) is 5.83. The molecule has 4 atom stereocenters. The summed E-state index contributed by atoms with van der Waals surface area (Å²) in [6, 6.07) is 10.5. The number of methoxy groups -OCH3 is 1. The number of aliphatic hydroxyl groups excluding tert-OH is 1. The van der Waals surface area contributed by atoms with Gasteiger partial charge < -0.3 is 9.84 Å². The topological polar surface area (TPSA) is 49.8 Å². The quantitative estimate of drug-likeness (QED) is 0.902. The molecule has 0 aromatic heterocycles. The first-order valence-electron chi connectivity index (χ1n) is 7.19. The maximum atomic E-state index is 12.6. The Morgan fingerprint density at radius 3 is 2.80 bits per heavy atom. The third kappa shape index (κ3) is 1.91. The van der Waals surface area contributed by atoms with Gasteiger partial charge in [-0.15, -0.1) is 0 Å². The van der Waals surface area contributed by atoms with Crippen molar-refractivity contribution in [3.05, 3.63) is 35.9 Å². The van der Waals surface area contributed by atoms with Crippen LogP contribution in [-0.2, 0) is 9.53 Å². The fourth-order valence-corrected chi connectivity index (χ4v) is 3.84. The van der Waals surface area contributed by atoms with Crippen LogP contribution in [0, 0.1) is 5.92 Å². The van der Waals surface area contributed by atoms with Gasteiger partial charge in [0.15, 0.2) is 5.78 Å². The summed E-state index contributed by atoms with van der Waals surface area (Å²) in [7, 11) is 1.59. The number of hydrogen-bond acceptors (Lipinski definition) is 4. The van der Waals surface area contributed by atoms with Gasteiger partial charge in [-0.2, -0.15) is 0 Å². The minimum Gasteiger partial charge on any atom is -0.394 e. The highest BCUT2D eigenvalue weighted by Gasteiger charge is 2.56.